The first kappa shape index (κ1) is 26.0. The van der Waals surface area contributed by atoms with Gasteiger partial charge < -0.3 is 25.2 Å². The molecule has 0 heterocycles. The predicted octanol–water partition coefficient (Wildman–Crippen LogP) is 1.73. The summed E-state index contributed by atoms with van der Waals surface area (Å²) in [5, 5.41) is 40.4. The van der Waals surface area contributed by atoms with E-state index in [4.69, 9.17) is 4.74 Å². The molecule has 4 N–H and O–H groups in total. The average Bonchev–Trinajstić information content (AvgIpc) is 2.44. The zero-order valence-electron chi connectivity index (χ0n) is 17.4. The molecule has 0 amide bonds. The number of aliphatic hydroxyl groups is 4. The summed E-state index contributed by atoms with van der Waals surface area (Å²) in [5.74, 6) is -1.04. The number of carbonyl (C=O) groups is 2. The third-order valence-corrected chi connectivity index (χ3v) is 4.42. The molecule has 0 rings (SSSR count). The van der Waals surface area contributed by atoms with Crippen LogP contribution in [0.3, 0.4) is 0 Å². The second-order valence-electron chi connectivity index (χ2n) is 8.57. The van der Waals surface area contributed by atoms with Crippen LogP contribution in [0.25, 0.3) is 0 Å². The van der Waals surface area contributed by atoms with Crippen molar-refractivity contribution < 1.29 is 34.8 Å². The van der Waals surface area contributed by atoms with Crippen LogP contribution in [0.2, 0.25) is 0 Å². The van der Waals surface area contributed by atoms with E-state index in [-0.39, 0.29) is 37.9 Å². The molecule has 0 aromatic carbocycles. The first-order chi connectivity index (χ1) is 12.3. The van der Waals surface area contributed by atoms with Gasteiger partial charge in [-0.05, 0) is 31.6 Å². The molecule has 160 valence electrons. The summed E-state index contributed by atoms with van der Waals surface area (Å²) < 4.78 is 5.27. The van der Waals surface area contributed by atoms with E-state index in [0.717, 1.165) is 6.42 Å². The van der Waals surface area contributed by atoms with E-state index in [1.165, 1.54) is 6.92 Å². The Morgan fingerprint density at radius 3 is 1.85 bits per heavy atom. The maximum atomic E-state index is 11.8. The van der Waals surface area contributed by atoms with Crippen LogP contribution in [0.15, 0.2) is 0 Å². The number of hydrogen-bond donors (Lipinski definition) is 4. The number of hydrogen-bond acceptors (Lipinski definition) is 7. The zero-order valence-corrected chi connectivity index (χ0v) is 17.4. The molecule has 0 saturated carbocycles. The van der Waals surface area contributed by atoms with Crippen molar-refractivity contribution in [1.82, 2.24) is 0 Å². The molecule has 0 saturated heterocycles. The largest absolute Gasteiger partial charge is 0.462 e. The van der Waals surface area contributed by atoms with Gasteiger partial charge in [0, 0.05) is 12.8 Å². The molecule has 0 aromatic heterocycles. The number of aliphatic hydroxyl groups excluding tert-OH is 4. The lowest BCUT2D eigenvalue weighted by Crippen LogP contribution is -2.34. The Morgan fingerprint density at radius 2 is 1.41 bits per heavy atom. The monoisotopic (exact) mass is 390 g/mol. The van der Waals surface area contributed by atoms with Crippen LogP contribution in [0.4, 0.5) is 0 Å². The van der Waals surface area contributed by atoms with E-state index in [1.807, 2.05) is 27.7 Å². The number of ketones is 1. The second-order valence-corrected chi connectivity index (χ2v) is 8.57. The van der Waals surface area contributed by atoms with Gasteiger partial charge in [0.05, 0.1) is 24.4 Å². The molecule has 0 radical (unpaired) electrons. The van der Waals surface area contributed by atoms with Crippen molar-refractivity contribution in [2.24, 2.45) is 5.41 Å². The second kappa shape index (κ2) is 12.4. The van der Waals surface area contributed by atoms with E-state index in [2.05, 4.69) is 0 Å². The molecular formula is C20H38O7. The Bertz CT molecular complexity index is 444. The molecular weight excluding hydrogens is 352 g/mol. The average molecular weight is 391 g/mol. The molecule has 5 unspecified atom stereocenters. The van der Waals surface area contributed by atoms with Crippen molar-refractivity contribution in [3.63, 3.8) is 0 Å². The van der Waals surface area contributed by atoms with Crippen LogP contribution in [0, 0.1) is 5.41 Å². The van der Waals surface area contributed by atoms with Crippen molar-refractivity contribution >= 4 is 11.8 Å². The van der Waals surface area contributed by atoms with Gasteiger partial charge in [-0.2, -0.15) is 0 Å². The Balaban J connectivity index is 4.86. The lowest BCUT2D eigenvalue weighted by Gasteiger charge is -2.29. The van der Waals surface area contributed by atoms with Crippen molar-refractivity contribution in [2.45, 2.75) is 110 Å². The smallest absolute Gasteiger partial charge is 0.313 e. The number of rotatable bonds is 13. The summed E-state index contributed by atoms with van der Waals surface area (Å²) in [6.45, 7) is 8.77. The summed E-state index contributed by atoms with van der Waals surface area (Å²) in [6, 6.07) is 0. The molecule has 0 bridgehead atoms. The van der Waals surface area contributed by atoms with E-state index < -0.39 is 41.9 Å². The van der Waals surface area contributed by atoms with Crippen LogP contribution in [-0.4, -0.2) is 62.7 Å². The summed E-state index contributed by atoms with van der Waals surface area (Å²) in [5.41, 5.74) is -0.397. The van der Waals surface area contributed by atoms with Crippen molar-refractivity contribution in [2.75, 3.05) is 0 Å². The quantitative estimate of drug-likeness (QED) is 0.279. The van der Waals surface area contributed by atoms with Gasteiger partial charge in [0.1, 0.15) is 18.3 Å². The van der Waals surface area contributed by atoms with Gasteiger partial charge >= 0.3 is 5.97 Å². The normalized spacial score (nSPS) is 17.7. The number of ether oxygens (including phenoxy) is 1. The van der Waals surface area contributed by atoms with E-state index in [9.17, 15) is 30.0 Å². The highest BCUT2D eigenvalue weighted by molar-refractivity contribution is 5.94. The Labute approximate surface area is 162 Å². The summed E-state index contributed by atoms with van der Waals surface area (Å²) in [7, 11) is 0. The predicted molar refractivity (Wildman–Crippen MR) is 102 cm³/mol. The van der Waals surface area contributed by atoms with Gasteiger partial charge in [0.15, 0.2) is 0 Å². The third-order valence-electron chi connectivity index (χ3n) is 4.42. The molecule has 27 heavy (non-hydrogen) atoms. The van der Waals surface area contributed by atoms with Crippen LogP contribution < -0.4 is 0 Å². The summed E-state index contributed by atoms with van der Waals surface area (Å²) in [6.07, 6.45) is -2.69. The molecule has 5 atom stereocenters. The Hall–Kier alpha value is -1.02. The lowest BCUT2D eigenvalue weighted by atomic mass is 9.85. The first-order valence-corrected chi connectivity index (χ1v) is 9.76. The molecule has 0 aromatic rings. The minimum absolute atomic E-state index is 0.0394. The van der Waals surface area contributed by atoms with Crippen LogP contribution in [-0.2, 0) is 14.3 Å². The fraction of sp³-hybridized carbons (Fsp3) is 0.900. The van der Waals surface area contributed by atoms with Gasteiger partial charge in [0.2, 0.25) is 0 Å². The van der Waals surface area contributed by atoms with Gasteiger partial charge in [-0.3, -0.25) is 9.59 Å². The summed E-state index contributed by atoms with van der Waals surface area (Å²) in [4.78, 5) is 22.9. The standard InChI is InChI=1S/C20H38O7/c1-6-7-14(22)9-15(23)10-17(27-19(26)8-13(2)21)11-16(24)12-18(25)20(3,4)5/h14-18,22-25H,6-12H2,1-5H3. The van der Waals surface area contributed by atoms with Gasteiger partial charge in [-0.25, -0.2) is 0 Å². The maximum absolute atomic E-state index is 11.8. The summed E-state index contributed by atoms with van der Waals surface area (Å²) >= 11 is 0. The molecule has 0 aliphatic heterocycles. The number of esters is 1. The van der Waals surface area contributed by atoms with Crippen LogP contribution >= 0.6 is 0 Å². The third kappa shape index (κ3) is 12.9. The van der Waals surface area contributed by atoms with Crippen LogP contribution in [0.5, 0.6) is 0 Å². The van der Waals surface area contributed by atoms with E-state index in [0.29, 0.717) is 6.42 Å². The fourth-order valence-corrected chi connectivity index (χ4v) is 2.80. The van der Waals surface area contributed by atoms with Gasteiger partial charge in [0.25, 0.3) is 0 Å². The van der Waals surface area contributed by atoms with Crippen LogP contribution in [0.1, 0.15) is 79.6 Å². The lowest BCUT2D eigenvalue weighted by molar-refractivity contribution is -0.153. The molecule has 0 fully saturated rings. The molecule has 0 aliphatic rings. The van der Waals surface area contributed by atoms with E-state index in [1.54, 1.807) is 0 Å². The Kier molecular flexibility index (Phi) is 12.0. The highest BCUT2D eigenvalue weighted by Gasteiger charge is 2.28. The topological polar surface area (TPSA) is 124 Å². The van der Waals surface area contributed by atoms with Crippen molar-refractivity contribution in [3.05, 3.63) is 0 Å². The van der Waals surface area contributed by atoms with E-state index >= 15 is 0 Å². The minimum Gasteiger partial charge on any atom is -0.462 e. The van der Waals surface area contributed by atoms with Gasteiger partial charge in [-0.15, -0.1) is 0 Å². The minimum atomic E-state index is -0.929. The highest BCUT2D eigenvalue weighted by Crippen LogP contribution is 2.25. The number of Topliss-reactive ketones (excluding diaryl/α,β-unsaturated/α-hetero) is 1. The fourth-order valence-electron chi connectivity index (χ4n) is 2.80. The van der Waals surface area contributed by atoms with Crippen molar-refractivity contribution in [1.29, 1.82) is 0 Å². The molecule has 0 aliphatic carbocycles. The SMILES string of the molecule is CCCC(O)CC(O)CC(CC(O)CC(O)C(C)(C)C)OC(=O)CC(C)=O. The molecule has 7 heteroatoms. The Morgan fingerprint density at radius 1 is 0.889 bits per heavy atom. The zero-order chi connectivity index (χ0) is 21.2. The maximum Gasteiger partial charge on any atom is 0.313 e. The highest BCUT2D eigenvalue weighted by atomic mass is 16.5. The molecule has 7 nitrogen and oxygen atoms in total. The van der Waals surface area contributed by atoms with Gasteiger partial charge in [-0.1, -0.05) is 34.1 Å². The van der Waals surface area contributed by atoms with Crippen molar-refractivity contribution in [3.8, 4) is 0 Å². The molecule has 0 spiro atoms. The number of carbonyl (C=O) groups excluding carboxylic acids is 2. The first-order valence-electron chi connectivity index (χ1n) is 9.76.